The van der Waals surface area contributed by atoms with E-state index in [4.69, 9.17) is 0 Å². The third-order valence-electron chi connectivity index (χ3n) is 1.72. The zero-order valence-electron chi connectivity index (χ0n) is 6.08. The molecule has 0 saturated heterocycles. The van der Waals surface area contributed by atoms with Gasteiger partial charge < -0.3 is 4.40 Å². The van der Waals surface area contributed by atoms with Gasteiger partial charge in [-0.05, 0) is 28.9 Å². The third kappa shape index (κ3) is 0.959. The van der Waals surface area contributed by atoms with Gasteiger partial charge in [0.05, 0.1) is 11.7 Å². The van der Waals surface area contributed by atoms with Gasteiger partial charge in [0.15, 0.2) is 0 Å². The Balaban J connectivity index is 2.95. The first kappa shape index (κ1) is 6.85. The van der Waals surface area contributed by atoms with Crippen LogP contribution in [0.15, 0.2) is 29.1 Å². The molecule has 2 aromatic rings. The number of nitrogens with zero attached hydrogens (tertiary/aromatic N) is 2. The first-order chi connectivity index (χ1) is 5.29. The monoisotopic (exact) mass is 210 g/mol. The fourth-order valence-electron chi connectivity index (χ4n) is 1.17. The summed E-state index contributed by atoms with van der Waals surface area (Å²) in [5.41, 5.74) is 2.33. The molecular formula is C8H7BrN2. The van der Waals surface area contributed by atoms with E-state index in [2.05, 4.69) is 38.3 Å². The molecule has 0 saturated carbocycles. The van der Waals surface area contributed by atoms with E-state index in [1.807, 2.05) is 12.4 Å². The highest BCUT2D eigenvalue weighted by Crippen LogP contribution is 2.20. The van der Waals surface area contributed by atoms with Crippen molar-refractivity contribution in [1.29, 1.82) is 0 Å². The average molecular weight is 211 g/mol. The molecule has 0 aliphatic heterocycles. The molecule has 0 spiro atoms. The molecule has 0 radical (unpaired) electrons. The molecule has 2 aromatic heterocycles. The van der Waals surface area contributed by atoms with Gasteiger partial charge in [-0.2, -0.15) is 0 Å². The number of fused-ring (bicyclic) bond motifs is 1. The highest BCUT2D eigenvalue weighted by Gasteiger charge is 2.00. The standard InChI is InChI=1S/C8H7BrN2/c1-6-4-7(9)8-5-10-2-3-11(6)8/h2-5H,1H3. The summed E-state index contributed by atoms with van der Waals surface area (Å²) < 4.78 is 3.19. The molecule has 0 atom stereocenters. The predicted molar refractivity (Wildman–Crippen MR) is 47.6 cm³/mol. The van der Waals surface area contributed by atoms with Crippen molar-refractivity contribution in [1.82, 2.24) is 9.38 Å². The molecule has 0 fully saturated rings. The first-order valence-corrected chi connectivity index (χ1v) is 4.15. The summed E-state index contributed by atoms with van der Waals surface area (Å²) in [4.78, 5) is 4.04. The van der Waals surface area contributed by atoms with E-state index < -0.39 is 0 Å². The van der Waals surface area contributed by atoms with Crippen molar-refractivity contribution in [3.63, 3.8) is 0 Å². The van der Waals surface area contributed by atoms with Crippen LogP contribution in [0.25, 0.3) is 5.52 Å². The quantitative estimate of drug-likeness (QED) is 0.653. The van der Waals surface area contributed by atoms with Gasteiger partial charge in [0.25, 0.3) is 0 Å². The van der Waals surface area contributed by atoms with Gasteiger partial charge in [0.2, 0.25) is 0 Å². The summed E-state index contributed by atoms with van der Waals surface area (Å²) in [6.45, 7) is 2.07. The minimum Gasteiger partial charge on any atom is -0.317 e. The maximum absolute atomic E-state index is 4.04. The Kier molecular flexibility index (Phi) is 1.46. The van der Waals surface area contributed by atoms with Crippen LogP contribution in [0, 0.1) is 6.92 Å². The lowest BCUT2D eigenvalue weighted by atomic mass is 10.5. The van der Waals surface area contributed by atoms with Gasteiger partial charge >= 0.3 is 0 Å². The van der Waals surface area contributed by atoms with Gasteiger partial charge in [-0.15, -0.1) is 0 Å². The van der Waals surface area contributed by atoms with E-state index in [0.717, 1.165) is 9.99 Å². The molecule has 0 amide bonds. The minimum absolute atomic E-state index is 1.10. The van der Waals surface area contributed by atoms with Crippen molar-refractivity contribution < 1.29 is 0 Å². The van der Waals surface area contributed by atoms with Crippen LogP contribution in [-0.2, 0) is 0 Å². The van der Waals surface area contributed by atoms with Crippen molar-refractivity contribution in [2.24, 2.45) is 0 Å². The largest absolute Gasteiger partial charge is 0.317 e. The van der Waals surface area contributed by atoms with Gasteiger partial charge in [0, 0.05) is 22.6 Å². The highest BCUT2D eigenvalue weighted by molar-refractivity contribution is 9.10. The third-order valence-corrected chi connectivity index (χ3v) is 2.35. The molecule has 11 heavy (non-hydrogen) atoms. The van der Waals surface area contributed by atoms with E-state index in [1.54, 1.807) is 6.20 Å². The SMILES string of the molecule is Cc1cc(Br)c2cnccn12. The van der Waals surface area contributed by atoms with Crippen LogP contribution in [-0.4, -0.2) is 9.38 Å². The van der Waals surface area contributed by atoms with Crippen LogP contribution >= 0.6 is 15.9 Å². The first-order valence-electron chi connectivity index (χ1n) is 3.36. The van der Waals surface area contributed by atoms with Gasteiger partial charge in [0.1, 0.15) is 0 Å². The summed E-state index contributed by atoms with van der Waals surface area (Å²) in [6, 6.07) is 2.08. The molecule has 0 unspecified atom stereocenters. The molecule has 0 aliphatic carbocycles. The highest BCUT2D eigenvalue weighted by atomic mass is 79.9. The lowest BCUT2D eigenvalue weighted by molar-refractivity contribution is 1.08. The maximum atomic E-state index is 4.04. The molecule has 0 aromatic carbocycles. The Labute approximate surface area is 73.0 Å². The molecule has 3 heteroatoms. The molecule has 0 N–H and O–H groups in total. The maximum Gasteiger partial charge on any atom is 0.0780 e. The summed E-state index contributed by atoms with van der Waals surface area (Å²) >= 11 is 3.46. The second-order valence-electron chi connectivity index (χ2n) is 2.47. The Morgan fingerprint density at radius 3 is 3.09 bits per heavy atom. The second-order valence-corrected chi connectivity index (χ2v) is 3.32. The van der Waals surface area contributed by atoms with Crippen LogP contribution in [0.4, 0.5) is 0 Å². The van der Waals surface area contributed by atoms with Crippen LogP contribution in [0.5, 0.6) is 0 Å². The van der Waals surface area contributed by atoms with Crippen LogP contribution < -0.4 is 0 Å². The number of aryl methyl sites for hydroxylation is 1. The van der Waals surface area contributed by atoms with Crippen molar-refractivity contribution in [3.05, 3.63) is 34.8 Å². The Bertz CT molecular complexity index is 356. The molecule has 2 nitrogen and oxygen atoms in total. The molecule has 0 bridgehead atoms. The van der Waals surface area contributed by atoms with E-state index in [1.165, 1.54) is 5.69 Å². The Hall–Kier alpha value is -0.830. The lowest BCUT2D eigenvalue weighted by Crippen LogP contribution is -1.85. The minimum atomic E-state index is 1.10. The molecular weight excluding hydrogens is 204 g/mol. The smallest absolute Gasteiger partial charge is 0.0780 e. The lowest BCUT2D eigenvalue weighted by Gasteiger charge is -1.93. The summed E-state index contributed by atoms with van der Waals surface area (Å²) in [5, 5.41) is 0. The average Bonchev–Trinajstić information content (AvgIpc) is 2.30. The van der Waals surface area contributed by atoms with Gasteiger partial charge in [-0.1, -0.05) is 0 Å². The zero-order valence-corrected chi connectivity index (χ0v) is 7.67. The van der Waals surface area contributed by atoms with E-state index in [0.29, 0.717) is 0 Å². The summed E-state index contributed by atoms with van der Waals surface area (Å²) in [6.07, 6.45) is 5.58. The van der Waals surface area contributed by atoms with Crippen molar-refractivity contribution >= 4 is 21.4 Å². The number of rotatable bonds is 0. The van der Waals surface area contributed by atoms with Gasteiger partial charge in [-0.25, -0.2) is 0 Å². The van der Waals surface area contributed by atoms with Gasteiger partial charge in [-0.3, -0.25) is 4.98 Å². The molecule has 0 aliphatic rings. The van der Waals surface area contributed by atoms with E-state index >= 15 is 0 Å². The van der Waals surface area contributed by atoms with E-state index in [9.17, 15) is 0 Å². The Morgan fingerprint density at radius 1 is 1.55 bits per heavy atom. The topological polar surface area (TPSA) is 17.3 Å². The molecule has 2 rings (SSSR count). The molecule has 2 heterocycles. The van der Waals surface area contributed by atoms with Crippen LogP contribution in [0.1, 0.15) is 5.69 Å². The summed E-state index contributed by atoms with van der Waals surface area (Å²) in [5.74, 6) is 0. The number of hydrogen-bond acceptors (Lipinski definition) is 1. The molecule has 56 valence electrons. The van der Waals surface area contributed by atoms with Crippen molar-refractivity contribution in [2.45, 2.75) is 6.92 Å². The van der Waals surface area contributed by atoms with Crippen LogP contribution in [0.2, 0.25) is 0 Å². The Morgan fingerprint density at radius 2 is 2.36 bits per heavy atom. The number of aromatic nitrogens is 2. The fourth-order valence-corrected chi connectivity index (χ4v) is 1.80. The normalized spacial score (nSPS) is 10.7. The summed E-state index contributed by atoms with van der Waals surface area (Å²) in [7, 11) is 0. The predicted octanol–water partition coefficient (Wildman–Crippen LogP) is 2.41. The van der Waals surface area contributed by atoms with Crippen LogP contribution in [0.3, 0.4) is 0 Å². The fraction of sp³-hybridized carbons (Fsp3) is 0.125. The zero-order chi connectivity index (χ0) is 7.84. The van der Waals surface area contributed by atoms with E-state index in [-0.39, 0.29) is 0 Å². The number of hydrogen-bond donors (Lipinski definition) is 0. The van der Waals surface area contributed by atoms with Crippen molar-refractivity contribution in [3.8, 4) is 0 Å². The second kappa shape index (κ2) is 2.34. The van der Waals surface area contributed by atoms with Crippen molar-refractivity contribution in [2.75, 3.05) is 0 Å². The number of halogens is 1.